The Kier molecular flexibility index (Phi) is 6.51. The summed E-state index contributed by atoms with van der Waals surface area (Å²) in [6.45, 7) is 8.07. The molecule has 4 rings (SSSR count). The van der Waals surface area contributed by atoms with Crippen LogP contribution in [0.4, 0.5) is 5.69 Å². The summed E-state index contributed by atoms with van der Waals surface area (Å²) in [5, 5.41) is 8.27. The fourth-order valence-corrected chi connectivity index (χ4v) is 5.19. The summed E-state index contributed by atoms with van der Waals surface area (Å²) in [6, 6.07) is 11.5. The second-order valence-electron chi connectivity index (χ2n) is 8.47. The van der Waals surface area contributed by atoms with Crippen LogP contribution in [0.2, 0.25) is 0 Å². The molecule has 0 saturated carbocycles. The molecule has 0 aliphatic carbocycles. The first kappa shape index (κ1) is 23.0. The van der Waals surface area contributed by atoms with Gasteiger partial charge in [0.15, 0.2) is 0 Å². The van der Waals surface area contributed by atoms with Crippen molar-refractivity contribution in [1.29, 1.82) is 0 Å². The van der Waals surface area contributed by atoms with E-state index < -0.39 is 10.0 Å². The molecule has 0 radical (unpaired) electrons. The average molecular weight is 468 g/mol. The predicted molar refractivity (Wildman–Crippen MR) is 127 cm³/mol. The van der Waals surface area contributed by atoms with Gasteiger partial charge in [0.1, 0.15) is 12.2 Å². The maximum Gasteiger partial charge on any atom is 0.261 e. The first-order chi connectivity index (χ1) is 15.8. The van der Waals surface area contributed by atoms with E-state index in [0.29, 0.717) is 30.3 Å². The molecule has 174 valence electrons. The Morgan fingerprint density at radius 1 is 1.06 bits per heavy atom. The Bertz CT molecular complexity index is 1240. The van der Waals surface area contributed by atoms with Gasteiger partial charge in [-0.05, 0) is 81.1 Å². The highest BCUT2D eigenvalue weighted by Crippen LogP contribution is 2.27. The Hall–Kier alpha value is -3.20. The van der Waals surface area contributed by atoms with Crippen LogP contribution in [0.3, 0.4) is 0 Å². The van der Waals surface area contributed by atoms with E-state index in [9.17, 15) is 13.2 Å². The zero-order valence-corrected chi connectivity index (χ0v) is 20.0. The third-order valence-electron chi connectivity index (χ3n) is 6.30. The largest absolute Gasteiger partial charge is 0.339 e. The maximum absolute atomic E-state index is 13.0. The van der Waals surface area contributed by atoms with E-state index in [1.54, 1.807) is 30.6 Å². The van der Waals surface area contributed by atoms with Crippen LogP contribution in [-0.4, -0.2) is 47.1 Å². The zero-order chi connectivity index (χ0) is 23.6. The SMILES string of the molecule is CCn1cnnc1C1CCN(C(=O)c2ccc(S(=O)(=O)Nc3ccc(C)c(C)c3)cc2)CC1. The minimum atomic E-state index is -3.74. The normalized spacial score (nSPS) is 14.9. The van der Waals surface area contributed by atoms with Crippen LogP contribution >= 0.6 is 0 Å². The molecule has 1 saturated heterocycles. The number of piperidine rings is 1. The molecule has 1 N–H and O–H groups in total. The zero-order valence-electron chi connectivity index (χ0n) is 19.2. The van der Waals surface area contributed by atoms with E-state index >= 15 is 0 Å². The summed E-state index contributed by atoms with van der Waals surface area (Å²) in [6.07, 6.45) is 3.41. The summed E-state index contributed by atoms with van der Waals surface area (Å²) >= 11 is 0. The lowest BCUT2D eigenvalue weighted by atomic mass is 9.95. The third-order valence-corrected chi connectivity index (χ3v) is 7.70. The molecule has 1 fully saturated rings. The molecule has 1 aliphatic rings. The number of sulfonamides is 1. The smallest absolute Gasteiger partial charge is 0.261 e. The lowest BCUT2D eigenvalue weighted by Gasteiger charge is -2.31. The van der Waals surface area contributed by atoms with Crippen molar-refractivity contribution in [3.05, 3.63) is 71.3 Å². The second kappa shape index (κ2) is 9.35. The van der Waals surface area contributed by atoms with Gasteiger partial charge in [0.2, 0.25) is 0 Å². The second-order valence-corrected chi connectivity index (χ2v) is 10.2. The Morgan fingerprint density at radius 3 is 2.39 bits per heavy atom. The van der Waals surface area contributed by atoms with E-state index in [1.165, 1.54) is 12.1 Å². The van der Waals surface area contributed by atoms with Crippen molar-refractivity contribution in [3.63, 3.8) is 0 Å². The van der Waals surface area contributed by atoms with Gasteiger partial charge in [-0.3, -0.25) is 9.52 Å². The number of nitrogens with zero attached hydrogens (tertiary/aromatic N) is 4. The van der Waals surface area contributed by atoms with Gasteiger partial charge in [-0.1, -0.05) is 6.07 Å². The van der Waals surface area contributed by atoms with Gasteiger partial charge < -0.3 is 9.47 Å². The number of anilines is 1. The van der Waals surface area contributed by atoms with Gasteiger partial charge in [0.25, 0.3) is 15.9 Å². The number of hydrogen-bond donors (Lipinski definition) is 1. The Balaban J connectivity index is 1.40. The summed E-state index contributed by atoms with van der Waals surface area (Å²) in [5.41, 5.74) is 3.10. The lowest BCUT2D eigenvalue weighted by molar-refractivity contribution is 0.0710. The van der Waals surface area contributed by atoms with Crippen molar-refractivity contribution >= 4 is 21.6 Å². The molecule has 1 amide bonds. The minimum Gasteiger partial charge on any atom is -0.339 e. The van der Waals surface area contributed by atoms with Gasteiger partial charge >= 0.3 is 0 Å². The Morgan fingerprint density at radius 2 is 1.76 bits per heavy atom. The van der Waals surface area contributed by atoms with Crippen LogP contribution in [0.25, 0.3) is 0 Å². The molecule has 2 aromatic carbocycles. The first-order valence-corrected chi connectivity index (χ1v) is 12.6. The molecule has 0 unspecified atom stereocenters. The molecule has 0 spiro atoms. The van der Waals surface area contributed by atoms with Gasteiger partial charge in [-0.15, -0.1) is 10.2 Å². The van der Waals surface area contributed by atoms with Crippen LogP contribution in [0, 0.1) is 13.8 Å². The highest BCUT2D eigenvalue weighted by molar-refractivity contribution is 7.92. The lowest BCUT2D eigenvalue weighted by Crippen LogP contribution is -2.38. The van der Waals surface area contributed by atoms with Crippen molar-refractivity contribution in [3.8, 4) is 0 Å². The number of likely N-dealkylation sites (tertiary alicyclic amines) is 1. The summed E-state index contributed by atoms with van der Waals surface area (Å²) in [5.74, 6) is 1.19. The first-order valence-electron chi connectivity index (χ1n) is 11.2. The molecule has 2 heterocycles. The number of carbonyl (C=O) groups excluding carboxylic acids is 1. The number of nitrogens with one attached hydrogen (secondary N) is 1. The highest BCUT2D eigenvalue weighted by atomic mass is 32.2. The number of benzene rings is 2. The van der Waals surface area contributed by atoms with Gasteiger partial charge in [0.05, 0.1) is 4.90 Å². The highest BCUT2D eigenvalue weighted by Gasteiger charge is 2.27. The molecular weight excluding hydrogens is 438 g/mol. The van der Waals surface area contributed by atoms with Crippen molar-refractivity contribution in [2.45, 2.75) is 51.0 Å². The van der Waals surface area contributed by atoms with E-state index in [-0.39, 0.29) is 10.8 Å². The van der Waals surface area contributed by atoms with Crippen LogP contribution in [0.1, 0.15) is 53.0 Å². The third kappa shape index (κ3) is 4.93. The molecule has 1 aromatic heterocycles. The van der Waals surface area contributed by atoms with Crippen LogP contribution in [0.15, 0.2) is 53.7 Å². The fraction of sp³-hybridized carbons (Fsp3) is 0.375. The number of rotatable bonds is 6. The van der Waals surface area contributed by atoms with E-state index in [4.69, 9.17) is 0 Å². The maximum atomic E-state index is 13.0. The minimum absolute atomic E-state index is 0.0866. The van der Waals surface area contributed by atoms with Crippen LogP contribution in [0.5, 0.6) is 0 Å². The predicted octanol–water partition coefficient (Wildman–Crippen LogP) is 3.74. The van der Waals surface area contributed by atoms with Crippen molar-refractivity contribution in [2.24, 2.45) is 0 Å². The van der Waals surface area contributed by atoms with E-state index in [2.05, 4.69) is 21.8 Å². The summed E-state index contributed by atoms with van der Waals surface area (Å²) in [4.78, 5) is 14.9. The van der Waals surface area contributed by atoms with Crippen molar-refractivity contribution in [2.75, 3.05) is 17.8 Å². The number of hydrogen-bond acceptors (Lipinski definition) is 5. The standard InChI is InChI=1S/C24H29N5O3S/c1-4-28-16-25-26-23(28)19-11-13-29(14-12-19)24(30)20-6-9-22(10-7-20)33(31,32)27-21-8-5-17(2)18(3)15-21/h5-10,15-16,19,27H,4,11-14H2,1-3H3. The molecule has 3 aromatic rings. The van der Waals surface area contributed by atoms with Crippen LogP contribution < -0.4 is 4.72 Å². The van der Waals surface area contributed by atoms with E-state index in [0.717, 1.165) is 36.3 Å². The molecule has 8 nitrogen and oxygen atoms in total. The summed E-state index contributed by atoms with van der Waals surface area (Å²) in [7, 11) is -3.74. The van der Waals surface area contributed by atoms with Crippen molar-refractivity contribution < 1.29 is 13.2 Å². The van der Waals surface area contributed by atoms with Gasteiger partial charge in [-0.2, -0.15) is 0 Å². The van der Waals surface area contributed by atoms with Crippen LogP contribution in [-0.2, 0) is 16.6 Å². The molecular formula is C24H29N5O3S. The monoisotopic (exact) mass is 467 g/mol. The molecule has 1 aliphatic heterocycles. The number of aryl methyl sites for hydroxylation is 3. The molecule has 0 atom stereocenters. The fourth-order valence-electron chi connectivity index (χ4n) is 4.14. The van der Waals surface area contributed by atoms with Crippen molar-refractivity contribution in [1.82, 2.24) is 19.7 Å². The number of carbonyl (C=O) groups is 1. The average Bonchev–Trinajstić information content (AvgIpc) is 3.30. The summed E-state index contributed by atoms with van der Waals surface area (Å²) < 4.78 is 30.2. The number of amides is 1. The topological polar surface area (TPSA) is 97.2 Å². The number of aromatic nitrogens is 3. The molecule has 9 heteroatoms. The van der Waals surface area contributed by atoms with E-state index in [1.807, 2.05) is 29.4 Å². The Labute approximate surface area is 194 Å². The quantitative estimate of drug-likeness (QED) is 0.596. The van der Waals surface area contributed by atoms with Gasteiger partial charge in [0, 0.05) is 36.8 Å². The van der Waals surface area contributed by atoms with Gasteiger partial charge in [-0.25, -0.2) is 8.42 Å². The molecule has 33 heavy (non-hydrogen) atoms. The molecule has 0 bridgehead atoms.